The Morgan fingerprint density at radius 2 is 2.33 bits per heavy atom. The van der Waals surface area contributed by atoms with E-state index in [0.29, 0.717) is 12.3 Å². The van der Waals surface area contributed by atoms with E-state index < -0.39 is 0 Å². The molecule has 1 aromatic rings. The van der Waals surface area contributed by atoms with Crippen molar-refractivity contribution in [3.05, 3.63) is 16.1 Å². The summed E-state index contributed by atoms with van der Waals surface area (Å²) in [7, 11) is 2.16. The third kappa shape index (κ3) is 2.63. The van der Waals surface area contributed by atoms with Crippen LogP contribution in [0.15, 0.2) is 5.38 Å². The molecule has 0 bridgehead atoms. The summed E-state index contributed by atoms with van der Waals surface area (Å²) in [4.78, 5) is 17.2. The molecule has 0 radical (unpaired) electrons. The van der Waals surface area contributed by atoms with Crippen molar-refractivity contribution in [2.24, 2.45) is 0 Å². The lowest BCUT2D eigenvalue weighted by molar-refractivity contribution is -0.107. The maximum atomic E-state index is 10.4. The number of carbonyl (C=O) groups is 1. The molecule has 0 aliphatic carbocycles. The van der Waals surface area contributed by atoms with Gasteiger partial charge >= 0.3 is 0 Å². The number of thiazole rings is 1. The maximum absolute atomic E-state index is 10.4. The Bertz CT molecular complexity index is 329. The van der Waals surface area contributed by atoms with Gasteiger partial charge in [-0.3, -0.25) is 0 Å². The van der Waals surface area contributed by atoms with E-state index in [9.17, 15) is 4.79 Å². The second kappa shape index (κ2) is 4.86. The highest BCUT2D eigenvalue weighted by Gasteiger charge is 2.20. The Labute approximate surface area is 94.1 Å². The van der Waals surface area contributed by atoms with Crippen molar-refractivity contribution < 1.29 is 4.79 Å². The molecule has 4 heteroatoms. The predicted molar refractivity (Wildman–Crippen MR) is 61.4 cm³/mol. The number of likely N-dealkylation sites (tertiary alicyclic amines) is 1. The van der Waals surface area contributed by atoms with Crippen molar-refractivity contribution in [2.45, 2.75) is 25.2 Å². The zero-order chi connectivity index (χ0) is 10.7. The molecule has 1 aliphatic heterocycles. The molecule has 0 aromatic carbocycles. The Morgan fingerprint density at radius 3 is 3.00 bits per heavy atom. The van der Waals surface area contributed by atoms with Crippen LogP contribution >= 0.6 is 11.3 Å². The van der Waals surface area contributed by atoms with E-state index >= 15 is 0 Å². The molecule has 0 atom stereocenters. The first-order valence-electron chi connectivity index (χ1n) is 5.36. The zero-order valence-electron chi connectivity index (χ0n) is 8.98. The van der Waals surface area contributed by atoms with E-state index in [0.717, 1.165) is 25.1 Å². The van der Waals surface area contributed by atoms with Crippen LogP contribution in [0.25, 0.3) is 0 Å². The molecule has 0 unspecified atom stereocenters. The number of nitrogens with zero attached hydrogens (tertiary/aromatic N) is 2. The third-order valence-electron chi connectivity index (χ3n) is 2.93. The molecule has 1 fully saturated rings. The van der Waals surface area contributed by atoms with Crippen LogP contribution in [0.4, 0.5) is 0 Å². The fourth-order valence-electron chi connectivity index (χ4n) is 1.94. The topological polar surface area (TPSA) is 33.2 Å². The average Bonchev–Trinajstić information content (AvgIpc) is 2.68. The lowest BCUT2D eigenvalue weighted by Gasteiger charge is -2.27. The van der Waals surface area contributed by atoms with Crippen molar-refractivity contribution in [1.82, 2.24) is 9.88 Å². The molecule has 15 heavy (non-hydrogen) atoms. The Balaban J connectivity index is 1.99. The molecule has 0 N–H and O–H groups in total. The molecule has 1 aliphatic rings. The fraction of sp³-hybridized carbons (Fsp3) is 0.636. The van der Waals surface area contributed by atoms with Crippen LogP contribution in [0.5, 0.6) is 0 Å². The van der Waals surface area contributed by atoms with Crippen LogP contribution < -0.4 is 0 Å². The standard InChI is InChI=1S/C11H16N2OS/c1-13-5-2-9(3-6-13)11-12-10(4-7-14)8-15-11/h7-9H,2-6H2,1H3. The maximum Gasteiger partial charge on any atom is 0.125 e. The first-order chi connectivity index (χ1) is 7.29. The first-order valence-corrected chi connectivity index (χ1v) is 6.24. The van der Waals surface area contributed by atoms with Gasteiger partial charge in [-0.25, -0.2) is 4.98 Å². The molecule has 0 saturated carbocycles. The van der Waals surface area contributed by atoms with Crippen LogP contribution in [-0.4, -0.2) is 36.3 Å². The van der Waals surface area contributed by atoms with Crippen molar-refractivity contribution in [1.29, 1.82) is 0 Å². The van der Waals surface area contributed by atoms with Crippen LogP contribution in [0, 0.1) is 0 Å². The summed E-state index contributed by atoms with van der Waals surface area (Å²) in [6.45, 7) is 2.32. The summed E-state index contributed by atoms with van der Waals surface area (Å²) in [5.74, 6) is 0.617. The van der Waals surface area contributed by atoms with Crippen molar-refractivity contribution in [3.8, 4) is 0 Å². The van der Waals surface area contributed by atoms with Gasteiger partial charge in [-0.1, -0.05) is 0 Å². The average molecular weight is 224 g/mol. The quantitative estimate of drug-likeness (QED) is 0.733. The highest BCUT2D eigenvalue weighted by molar-refractivity contribution is 7.09. The lowest BCUT2D eigenvalue weighted by atomic mass is 9.98. The molecule has 1 aromatic heterocycles. The number of hydrogen-bond donors (Lipinski definition) is 0. The number of rotatable bonds is 3. The van der Waals surface area contributed by atoms with Gasteiger partial charge in [0.25, 0.3) is 0 Å². The summed E-state index contributed by atoms with van der Waals surface area (Å²) in [5, 5.41) is 3.24. The predicted octanol–water partition coefficient (Wildman–Crippen LogP) is 1.69. The van der Waals surface area contributed by atoms with Crippen molar-refractivity contribution in [2.75, 3.05) is 20.1 Å². The minimum atomic E-state index is 0.461. The van der Waals surface area contributed by atoms with Crippen LogP contribution in [0.3, 0.4) is 0 Å². The smallest absolute Gasteiger partial charge is 0.125 e. The van der Waals surface area contributed by atoms with E-state index in [-0.39, 0.29) is 0 Å². The van der Waals surface area contributed by atoms with Crippen molar-refractivity contribution >= 4 is 17.6 Å². The normalized spacial score (nSPS) is 19.3. The fourth-order valence-corrected chi connectivity index (χ4v) is 2.95. The number of aldehydes is 1. The number of carbonyl (C=O) groups excluding carboxylic acids is 1. The Kier molecular flexibility index (Phi) is 3.49. The molecular formula is C11H16N2OS. The van der Waals surface area contributed by atoms with Gasteiger partial charge < -0.3 is 9.69 Å². The SMILES string of the molecule is CN1CCC(c2nc(CC=O)cs2)CC1. The van der Waals surface area contributed by atoms with E-state index in [1.54, 1.807) is 11.3 Å². The number of aromatic nitrogens is 1. The second-order valence-electron chi connectivity index (χ2n) is 4.13. The van der Waals surface area contributed by atoms with Gasteiger partial charge in [0.1, 0.15) is 6.29 Å². The first kappa shape index (κ1) is 10.8. The molecule has 2 rings (SSSR count). The minimum Gasteiger partial charge on any atom is -0.306 e. The van der Waals surface area contributed by atoms with Crippen LogP contribution in [-0.2, 0) is 11.2 Å². The minimum absolute atomic E-state index is 0.461. The summed E-state index contributed by atoms with van der Waals surface area (Å²) in [6, 6.07) is 0. The molecule has 0 amide bonds. The van der Waals surface area contributed by atoms with E-state index in [1.165, 1.54) is 17.8 Å². The van der Waals surface area contributed by atoms with Gasteiger partial charge in [-0.05, 0) is 33.0 Å². The van der Waals surface area contributed by atoms with E-state index in [1.807, 2.05) is 5.38 Å². The summed E-state index contributed by atoms with van der Waals surface area (Å²) >= 11 is 1.71. The van der Waals surface area contributed by atoms with Gasteiger partial charge in [0.2, 0.25) is 0 Å². The van der Waals surface area contributed by atoms with Crippen LogP contribution in [0.2, 0.25) is 0 Å². The third-order valence-corrected chi connectivity index (χ3v) is 3.99. The number of piperidine rings is 1. The van der Waals surface area contributed by atoms with Crippen LogP contribution in [0.1, 0.15) is 29.5 Å². The summed E-state index contributed by atoms with van der Waals surface area (Å²) in [5.41, 5.74) is 0.934. The monoisotopic (exact) mass is 224 g/mol. The van der Waals surface area contributed by atoms with E-state index in [4.69, 9.17) is 0 Å². The number of hydrogen-bond acceptors (Lipinski definition) is 4. The molecular weight excluding hydrogens is 208 g/mol. The second-order valence-corrected chi connectivity index (χ2v) is 5.02. The van der Waals surface area contributed by atoms with Gasteiger partial charge in [-0.15, -0.1) is 11.3 Å². The lowest BCUT2D eigenvalue weighted by Crippen LogP contribution is -2.29. The molecule has 0 spiro atoms. The van der Waals surface area contributed by atoms with Gasteiger partial charge in [-0.2, -0.15) is 0 Å². The highest BCUT2D eigenvalue weighted by atomic mass is 32.1. The van der Waals surface area contributed by atoms with Gasteiger partial charge in [0.15, 0.2) is 0 Å². The molecule has 2 heterocycles. The summed E-state index contributed by atoms with van der Waals surface area (Å²) in [6.07, 6.45) is 3.78. The largest absolute Gasteiger partial charge is 0.306 e. The molecule has 1 saturated heterocycles. The molecule has 82 valence electrons. The Morgan fingerprint density at radius 1 is 1.60 bits per heavy atom. The van der Waals surface area contributed by atoms with Crippen molar-refractivity contribution in [3.63, 3.8) is 0 Å². The zero-order valence-corrected chi connectivity index (χ0v) is 9.80. The van der Waals surface area contributed by atoms with Gasteiger partial charge in [0, 0.05) is 17.7 Å². The highest BCUT2D eigenvalue weighted by Crippen LogP contribution is 2.29. The van der Waals surface area contributed by atoms with E-state index in [2.05, 4.69) is 16.9 Å². The van der Waals surface area contributed by atoms with Gasteiger partial charge in [0.05, 0.1) is 10.7 Å². The summed E-state index contributed by atoms with van der Waals surface area (Å²) < 4.78 is 0. The molecule has 3 nitrogen and oxygen atoms in total. The Hall–Kier alpha value is -0.740.